The van der Waals surface area contributed by atoms with Crippen LogP contribution in [-0.4, -0.2) is 57.8 Å². The number of likely N-dealkylation sites (tertiary alicyclic amines) is 1. The smallest absolute Gasteiger partial charge is 0.191 e. The summed E-state index contributed by atoms with van der Waals surface area (Å²) in [6.07, 6.45) is 5.12. The maximum Gasteiger partial charge on any atom is 0.191 e. The number of methoxy groups -OCH3 is 1. The van der Waals surface area contributed by atoms with Crippen LogP contribution in [0.15, 0.2) is 52.1 Å². The minimum Gasteiger partial charge on any atom is -0.497 e. The first-order valence-electron chi connectivity index (χ1n) is 10.3. The van der Waals surface area contributed by atoms with Gasteiger partial charge in [-0.15, -0.1) is 0 Å². The number of hydrogen-bond donors (Lipinski definition) is 2. The number of ether oxygens (including phenoxy) is 2. The van der Waals surface area contributed by atoms with Gasteiger partial charge in [0.15, 0.2) is 5.96 Å². The highest BCUT2D eigenvalue weighted by molar-refractivity contribution is 5.79. The maximum atomic E-state index is 5.76. The van der Waals surface area contributed by atoms with Crippen LogP contribution in [0.3, 0.4) is 0 Å². The number of hydrogen-bond acceptors (Lipinski definition) is 5. The van der Waals surface area contributed by atoms with Gasteiger partial charge in [-0.05, 0) is 68.8 Å². The van der Waals surface area contributed by atoms with E-state index in [0.717, 1.165) is 55.8 Å². The minimum atomic E-state index is 0.226. The van der Waals surface area contributed by atoms with Gasteiger partial charge < -0.3 is 24.5 Å². The molecule has 0 radical (unpaired) electrons. The molecule has 7 heteroatoms. The Balaban J connectivity index is 1.38. The second-order valence-electron chi connectivity index (χ2n) is 7.03. The van der Waals surface area contributed by atoms with Crippen LogP contribution in [0.2, 0.25) is 0 Å². The molecule has 1 aliphatic rings. The fourth-order valence-corrected chi connectivity index (χ4v) is 3.50. The zero-order valence-electron chi connectivity index (χ0n) is 17.4. The summed E-state index contributed by atoms with van der Waals surface area (Å²) in [5, 5.41) is 6.79. The highest BCUT2D eigenvalue weighted by atomic mass is 16.5. The molecule has 1 atom stereocenters. The number of nitrogens with zero attached hydrogens (tertiary/aromatic N) is 2. The molecule has 158 valence electrons. The fraction of sp³-hybridized carbons (Fsp3) is 0.500. The van der Waals surface area contributed by atoms with E-state index in [9.17, 15) is 0 Å². The van der Waals surface area contributed by atoms with Gasteiger partial charge in [-0.2, -0.15) is 0 Å². The van der Waals surface area contributed by atoms with E-state index >= 15 is 0 Å². The quantitative estimate of drug-likeness (QED) is 0.363. The summed E-state index contributed by atoms with van der Waals surface area (Å²) in [6.45, 7) is 4.41. The molecular weight excluding hydrogens is 368 g/mol. The molecule has 0 bridgehead atoms. The van der Waals surface area contributed by atoms with Gasteiger partial charge in [0.05, 0.1) is 26.0 Å². The number of aliphatic imine (C=N–C) groups is 1. The van der Waals surface area contributed by atoms with Crippen molar-refractivity contribution >= 4 is 5.96 Å². The lowest BCUT2D eigenvalue weighted by atomic mass is 10.2. The summed E-state index contributed by atoms with van der Waals surface area (Å²) in [6, 6.07) is 11.9. The number of benzene rings is 1. The van der Waals surface area contributed by atoms with Crippen molar-refractivity contribution in [3.05, 3.63) is 48.4 Å². The summed E-state index contributed by atoms with van der Waals surface area (Å²) in [5.41, 5.74) is 0. The average molecular weight is 401 g/mol. The highest BCUT2D eigenvalue weighted by Gasteiger charge is 2.25. The predicted molar refractivity (Wildman–Crippen MR) is 115 cm³/mol. The minimum absolute atomic E-state index is 0.226. The third kappa shape index (κ3) is 6.42. The first kappa shape index (κ1) is 21.0. The van der Waals surface area contributed by atoms with E-state index in [4.69, 9.17) is 13.9 Å². The molecule has 0 saturated carbocycles. The van der Waals surface area contributed by atoms with Gasteiger partial charge in [-0.3, -0.25) is 9.89 Å². The van der Waals surface area contributed by atoms with Gasteiger partial charge >= 0.3 is 0 Å². The number of nitrogens with one attached hydrogen (secondary N) is 2. The van der Waals surface area contributed by atoms with Crippen molar-refractivity contribution in [2.24, 2.45) is 4.99 Å². The Morgan fingerprint density at radius 2 is 1.90 bits per heavy atom. The molecule has 1 fully saturated rings. The molecule has 2 N–H and O–H groups in total. The molecule has 1 saturated heterocycles. The molecule has 1 aromatic heterocycles. The normalized spacial score (nSPS) is 15.9. The van der Waals surface area contributed by atoms with E-state index in [1.807, 2.05) is 30.3 Å². The Labute approximate surface area is 173 Å². The van der Waals surface area contributed by atoms with Crippen molar-refractivity contribution in [3.8, 4) is 11.5 Å². The second kappa shape index (κ2) is 11.4. The van der Waals surface area contributed by atoms with Crippen LogP contribution in [0.5, 0.6) is 11.5 Å². The molecule has 1 unspecified atom stereocenters. The molecule has 0 aliphatic carbocycles. The van der Waals surface area contributed by atoms with E-state index in [2.05, 4.69) is 26.6 Å². The lowest BCUT2D eigenvalue weighted by Gasteiger charge is -2.26. The Bertz CT molecular complexity index is 725. The zero-order chi connectivity index (χ0) is 20.3. The van der Waals surface area contributed by atoms with Gasteiger partial charge in [0, 0.05) is 20.1 Å². The van der Waals surface area contributed by atoms with Crippen molar-refractivity contribution in [3.63, 3.8) is 0 Å². The van der Waals surface area contributed by atoms with Crippen LogP contribution < -0.4 is 20.1 Å². The fourth-order valence-electron chi connectivity index (χ4n) is 3.50. The zero-order valence-corrected chi connectivity index (χ0v) is 17.4. The molecule has 2 aromatic rings. The van der Waals surface area contributed by atoms with Gasteiger partial charge in [0.1, 0.15) is 17.3 Å². The van der Waals surface area contributed by atoms with Crippen LogP contribution in [0.1, 0.15) is 31.1 Å². The summed E-state index contributed by atoms with van der Waals surface area (Å²) in [5.74, 6) is 3.48. The van der Waals surface area contributed by atoms with Gasteiger partial charge in [-0.1, -0.05) is 0 Å². The molecular formula is C22H32N4O3. The molecule has 1 aliphatic heterocycles. The lowest BCUT2D eigenvalue weighted by molar-refractivity contribution is 0.215. The Morgan fingerprint density at radius 3 is 2.55 bits per heavy atom. The van der Waals surface area contributed by atoms with E-state index in [1.54, 1.807) is 20.4 Å². The Hall–Kier alpha value is -2.67. The standard InChI is InChI=1S/C22H32N4O3/c1-23-22(24-12-6-16-28-19-10-8-18(27-2)9-11-19)25-17-20(21-7-5-15-29-21)26-13-3-4-14-26/h5,7-11,15,20H,3-4,6,12-14,16-17H2,1-2H3,(H2,23,24,25). The van der Waals surface area contributed by atoms with Gasteiger partial charge in [0.25, 0.3) is 0 Å². The Kier molecular flexibility index (Phi) is 8.25. The molecule has 7 nitrogen and oxygen atoms in total. The molecule has 1 aromatic carbocycles. The van der Waals surface area contributed by atoms with Gasteiger partial charge in [-0.25, -0.2) is 0 Å². The first-order chi connectivity index (χ1) is 14.3. The lowest BCUT2D eigenvalue weighted by Crippen LogP contribution is -2.43. The molecule has 29 heavy (non-hydrogen) atoms. The monoisotopic (exact) mass is 400 g/mol. The summed E-state index contributed by atoms with van der Waals surface area (Å²) in [4.78, 5) is 6.81. The molecule has 0 spiro atoms. The first-order valence-corrected chi connectivity index (χ1v) is 10.3. The molecule has 3 rings (SSSR count). The largest absolute Gasteiger partial charge is 0.497 e. The van der Waals surface area contributed by atoms with Crippen LogP contribution in [0, 0.1) is 0 Å². The number of guanidine groups is 1. The maximum absolute atomic E-state index is 5.76. The van der Waals surface area contributed by atoms with Gasteiger partial charge in [0.2, 0.25) is 0 Å². The Morgan fingerprint density at radius 1 is 1.14 bits per heavy atom. The van der Waals surface area contributed by atoms with Crippen molar-refractivity contribution in [2.45, 2.75) is 25.3 Å². The van der Waals surface area contributed by atoms with E-state index < -0.39 is 0 Å². The second-order valence-corrected chi connectivity index (χ2v) is 7.03. The third-order valence-corrected chi connectivity index (χ3v) is 5.08. The summed E-state index contributed by atoms with van der Waals surface area (Å²) in [7, 11) is 3.45. The van der Waals surface area contributed by atoms with Crippen molar-refractivity contribution in [1.82, 2.24) is 15.5 Å². The molecule has 2 heterocycles. The van der Waals surface area contributed by atoms with Crippen molar-refractivity contribution in [1.29, 1.82) is 0 Å². The van der Waals surface area contributed by atoms with E-state index in [1.165, 1.54) is 12.8 Å². The van der Waals surface area contributed by atoms with Crippen LogP contribution >= 0.6 is 0 Å². The summed E-state index contributed by atoms with van der Waals surface area (Å²) >= 11 is 0. The highest BCUT2D eigenvalue weighted by Crippen LogP contribution is 2.24. The molecule has 0 amide bonds. The van der Waals surface area contributed by atoms with E-state index in [0.29, 0.717) is 6.61 Å². The number of furan rings is 1. The van der Waals surface area contributed by atoms with Crippen LogP contribution in [-0.2, 0) is 0 Å². The topological polar surface area (TPSA) is 71.3 Å². The summed E-state index contributed by atoms with van der Waals surface area (Å²) < 4.78 is 16.6. The van der Waals surface area contributed by atoms with Crippen molar-refractivity contribution < 1.29 is 13.9 Å². The third-order valence-electron chi connectivity index (χ3n) is 5.08. The van der Waals surface area contributed by atoms with E-state index in [-0.39, 0.29) is 6.04 Å². The SMILES string of the molecule is CN=C(NCCCOc1ccc(OC)cc1)NCC(c1ccco1)N1CCCC1. The van der Waals surface area contributed by atoms with Crippen LogP contribution in [0.4, 0.5) is 0 Å². The van der Waals surface area contributed by atoms with Crippen molar-refractivity contribution in [2.75, 3.05) is 46.9 Å². The van der Waals surface area contributed by atoms with Crippen LogP contribution in [0.25, 0.3) is 0 Å². The average Bonchev–Trinajstić information content (AvgIpc) is 3.47. The predicted octanol–water partition coefficient (Wildman–Crippen LogP) is 3.06. The number of rotatable bonds is 10.